The molecule has 3 N–H and O–H groups in total. The van der Waals surface area contributed by atoms with E-state index < -0.39 is 10.0 Å². The number of halogens is 1. The van der Waals surface area contributed by atoms with Crippen molar-refractivity contribution in [1.82, 2.24) is 5.32 Å². The number of hydrogen-bond acceptors (Lipinski definition) is 6. The number of sulfonamides is 1. The predicted octanol–water partition coefficient (Wildman–Crippen LogP) is 3.26. The van der Waals surface area contributed by atoms with E-state index in [1.165, 1.54) is 25.3 Å². The van der Waals surface area contributed by atoms with E-state index in [9.17, 15) is 12.8 Å². The van der Waals surface area contributed by atoms with E-state index >= 15 is 0 Å². The van der Waals surface area contributed by atoms with Crippen molar-refractivity contribution in [2.75, 3.05) is 26.9 Å². The highest BCUT2D eigenvalue weighted by molar-refractivity contribution is 7.89. The van der Waals surface area contributed by atoms with Gasteiger partial charge in [-0.05, 0) is 49.6 Å². The van der Waals surface area contributed by atoms with Gasteiger partial charge in [0.2, 0.25) is 10.0 Å². The largest absolute Gasteiger partial charge is 0.495 e. The Labute approximate surface area is 183 Å². The molecule has 0 saturated heterocycles. The molecule has 31 heavy (non-hydrogen) atoms. The van der Waals surface area contributed by atoms with Crippen molar-refractivity contribution in [1.29, 1.82) is 0 Å². The molecule has 9 heteroatoms. The molecule has 172 valence electrons. The Kier molecular flexibility index (Phi) is 9.54. The van der Waals surface area contributed by atoms with Crippen LogP contribution in [0.5, 0.6) is 17.2 Å². The van der Waals surface area contributed by atoms with Gasteiger partial charge in [-0.1, -0.05) is 19.4 Å². The summed E-state index contributed by atoms with van der Waals surface area (Å²) in [5, 5.41) is 8.57. The van der Waals surface area contributed by atoms with Crippen molar-refractivity contribution in [3.05, 3.63) is 47.8 Å². The van der Waals surface area contributed by atoms with Gasteiger partial charge >= 0.3 is 0 Å². The Hall–Kier alpha value is -2.36. The Balaban J connectivity index is 1.88. The standard InChI is InChI=1S/C22H31FN2O5S/c1-4-5-11-29-19-9-7-18(23)15-21(19)30-12-10-25-16(2)13-17-6-8-20(28-3)22(14-17)31(24,26)27/h6-9,14-16,25H,4-5,10-13H2,1-3H3,(H2,24,26,27). The van der Waals surface area contributed by atoms with Crippen LogP contribution in [0.1, 0.15) is 32.3 Å². The first kappa shape index (κ1) is 24.9. The highest BCUT2D eigenvalue weighted by Crippen LogP contribution is 2.28. The van der Waals surface area contributed by atoms with Gasteiger partial charge in [-0.2, -0.15) is 0 Å². The molecule has 0 aromatic heterocycles. The van der Waals surface area contributed by atoms with Gasteiger partial charge in [-0.25, -0.2) is 17.9 Å². The Bertz CT molecular complexity index is 953. The van der Waals surface area contributed by atoms with Crippen molar-refractivity contribution in [2.45, 2.75) is 44.0 Å². The van der Waals surface area contributed by atoms with E-state index in [2.05, 4.69) is 12.2 Å². The predicted molar refractivity (Wildman–Crippen MR) is 118 cm³/mol. The summed E-state index contributed by atoms with van der Waals surface area (Å²) in [5.41, 5.74) is 0.808. The van der Waals surface area contributed by atoms with Crippen molar-refractivity contribution < 1.29 is 27.0 Å². The maximum Gasteiger partial charge on any atom is 0.241 e. The molecular weight excluding hydrogens is 423 g/mol. The number of ether oxygens (including phenoxy) is 3. The Morgan fingerprint density at radius 3 is 2.45 bits per heavy atom. The topological polar surface area (TPSA) is 99.9 Å². The zero-order valence-corrected chi connectivity index (χ0v) is 19.0. The summed E-state index contributed by atoms with van der Waals surface area (Å²) >= 11 is 0. The van der Waals surface area contributed by atoms with Crippen LogP contribution in [0.4, 0.5) is 4.39 Å². The van der Waals surface area contributed by atoms with E-state index in [4.69, 9.17) is 19.3 Å². The molecule has 2 aromatic rings. The third kappa shape index (κ3) is 8.01. The molecule has 1 atom stereocenters. The van der Waals surface area contributed by atoms with Crippen LogP contribution in [0, 0.1) is 5.82 Å². The summed E-state index contributed by atoms with van der Waals surface area (Å²) < 4.78 is 53.5. The second-order valence-corrected chi connectivity index (χ2v) is 8.76. The van der Waals surface area contributed by atoms with Crippen molar-refractivity contribution >= 4 is 10.0 Å². The second kappa shape index (κ2) is 11.9. The first-order valence-corrected chi connectivity index (χ1v) is 11.8. The average molecular weight is 455 g/mol. The van der Waals surface area contributed by atoms with Crippen LogP contribution in [0.2, 0.25) is 0 Å². The number of methoxy groups -OCH3 is 1. The van der Waals surface area contributed by atoms with Crippen molar-refractivity contribution in [3.8, 4) is 17.2 Å². The number of benzene rings is 2. The third-order valence-corrected chi connectivity index (χ3v) is 5.52. The van der Waals surface area contributed by atoms with Crippen LogP contribution in [-0.2, 0) is 16.4 Å². The van der Waals surface area contributed by atoms with Gasteiger partial charge in [0.25, 0.3) is 0 Å². The molecule has 0 aliphatic carbocycles. The van der Waals surface area contributed by atoms with Gasteiger partial charge in [-0.15, -0.1) is 0 Å². The summed E-state index contributed by atoms with van der Waals surface area (Å²) in [6, 6.07) is 9.19. The van der Waals surface area contributed by atoms with E-state index in [1.54, 1.807) is 18.2 Å². The van der Waals surface area contributed by atoms with Gasteiger partial charge in [-0.3, -0.25) is 0 Å². The monoisotopic (exact) mass is 454 g/mol. The molecule has 2 rings (SSSR count). The minimum Gasteiger partial charge on any atom is -0.495 e. The molecule has 7 nitrogen and oxygen atoms in total. The van der Waals surface area contributed by atoms with E-state index in [1.807, 2.05) is 6.92 Å². The fourth-order valence-electron chi connectivity index (χ4n) is 3.00. The highest BCUT2D eigenvalue weighted by atomic mass is 32.2. The zero-order valence-electron chi connectivity index (χ0n) is 18.2. The molecule has 0 aliphatic heterocycles. The van der Waals surface area contributed by atoms with E-state index in [0.29, 0.717) is 37.7 Å². The number of nitrogens with one attached hydrogen (secondary N) is 1. The molecule has 0 heterocycles. The van der Waals surface area contributed by atoms with Crippen molar-refractivity contribution in [2.24, 2.45) is 5.14 Å². The minimum atomic E-state index is -3.88. The lowest BCUT2D eigenvalue weighted by atomic mass is 10.1. The number of unbranched alkanes of at least 4 members (excludes halogenated alkanes) is 1. The summed E-state index contributed by atoms with van der Waals surface area (Å²) in [6.45, 7) is 5.44. The number of rotatable bonds is 13. The normalized spacial score (nSPS) is 12.4. The van der Waals surface area contributed by atoms with Gasteiger partial charge < -0.3 is 19.5 Å². The molecule has 0 aliphatic rings. The molecule has 0 radical (unpaired) electrons. The lowest BCUT2D eigenvalue weighted by Crippen LogP contribution is -2.32. The SMILES string of the molecule is CCCCOc1ccc(F)cc1OCCNC(C)Cc1ccc(OC)c(S(N)(=O)=O)c1. The maximum atomic E-state index is 13.6. The Morgan fingerprint density at radius 2 is 1.77 bits per heavy atom. The van der Waals surface area contributed by atoms with Crippen molar-refractivity contribution in [3.63, 3.8) is 0 Å². The molecule has 0 bridgehead atoms. The number of hydrogen-bond donors (Lipinski definition) is 2. The fourth-order valence-corrected chi connectivity index (χ4v) is 3.75. The van der Waals surface area contributed by atoms with E-state index in [0.717, 1.165) is 18.4 Å². The minimum absolute atomic E-state index is 0.0373. The molecular formula is C22H31FN2O5S. The summed E-state index contributed by atoms with van der Waals surface area (Å²) in [6.07, 6.45) is 2.50. The van der Waals surface area contributed by atoms with Crippen LogP contribution >= 0.6 is 0 Å². The van der Waals surface area contributed by atoms with E-state index in [-0.39, 0.29) is 22.5 Å². The molecule has 0 amide bonds. The third-order valence-electron chi connectivity index (χ3n) is 4.59. The Morgan fingerprint density at radius 1 is 1.06 bits per heavy atom. The lowest BCUT2D eigenvalue weighted by Gasteiger charge is -2.17. The van der Waals surface area contributed by atoms with Crippen LogP contribution in [0.3, 0.4) is 0 Å². The van der Waals surface area contributed by atoms with Gasteiger partial charge in [0, 0.05) is 18.7 Å². The number of primary sulfonamides is 1. The summed E-state index contributed by atoms with van der Waals surface area (Å²) in [5.74, 6) is 0.729. The number of nitrogens with two attached hydrogens (primary N) is 1. The van der Waals surface area contributed by atoms with Gasteiger partial charge in [0.05, 0.1) is 13.7 Å². The molecule has 0 fully saturated rings. The van der Waals surface area contributed by atoms with Crippen LogP contribution in [0.15, 0.2) is 41.3 Å². The smallest absolute Gasteiger partial charge is 0.241 e. The second-order valence-electron chi connectivity index (χ2n) is 7.23. The molecule has 1 unspecified atom stereocenters. The zero-order chi connectivity index (χ0) is 22.9. The summed E-state index contributed by atoms with van der Waals surface area (Å²) in [7, 11) is -2.48. The molecule has 0 spiro atoms. The first-order chi connectivity index (χ1) is 14.7. The maximum absolute atomic E-state index is 13.6. The van der Waals surface area contributed by atoms with Crippen LogP contribution in [-0.4, -0.2) is 41.3 Å². The quantitative estimate of drug-likeness (QED) is 0.451. The summed E-state index contributed by atoms with van der Waals surface area (Å²) in [4.78, 5) is -0.0373. The van der Waals surface area contributed by atoms with Crippen LogP contribution in [0.25, 0.3) is 0 Å². The van der Waals surface area contributed by atoms with Crippen LogP contribution < -0.4 is 24.7 Å². The highest BCUT2D eigenvalue weighted by Gasteiger charge is 2.16. The lowest BCUT2D eigenvalue weighted by molar-refractivity contribution is 0.260. The molecule has 2 aromatic carbocycles. The van der Waals surface area contributed by atoms with Gasteiger partial charge in [0.15, 0.2) is 11.5 Å². The molecule has 0 saturated carbocycles. The first-order valence-electron chi connectivity index (χ1n) is 10.2. The fraction of sp³-hybridized carbons (Fsp3) is 0.455. The van der Waals surface area contributed by atoms with Gasteiger partial charge in [0.1, 0.15) is 23.1 Å². The average Bonchev–Trinajstić information content (AvgIpc) is 2.72.